The highest BCUT2D eigenvalue weighted by Gasteiger charge is 2.14. The van der Waals surface area contributed by atoms with Crippen LogP contribution in [0.5, 0.6) is 0 Å². The van der Waals surface area contributed by atoms with Gasteiger partial charge in [0.25, 0.3) is 5.91 Å². The number of fused-ring (bicyclic) bond motifs is 3. The average molecular weight is 435 g/mol. The first-order valence-electron chi connectivity index (χ1n) is 10.7. The van der Waals surface area contributed by atoms with Gasteiger partial charge in [-0.05, 0) is 44.2 Å². The average Bonchev–Trinajstić information content (AvgIpc) is 3.35. The normalized spacial score (nSPS) is 15.0. The fraction of sp³-hybridized carbons (Fsp3) is 0.333. The smallest absolute Gasteiger partial charge is 0.251 e. The summed E-state index contributed by atoms with van der Waals surface area (Å²) in [5.74, 6) is -0.0182. The van der Waals surface area contributed by atoms with Crippen LogP contribution in [0, 0.1) is 6.92 Å². The van der Waals surface area contributed by atoms with Gasteiger partial charge in [0, 0.05) is 37.0 Å². The molecule has 1 saturated heterocycles. The van der Waals surface area contributed by atoms with Crippen LogP contribution >= 0.6 is 11.3 Å². The van der Waals surface area contributed by atoms with Crippen LogP contribution < -0.4 is 5.32 Å². The second-order valence-electron chi connectivity index (χ2n) is 8.00. The molecule has 0 aliphatic carbocycles. The maximum absolute atomic E-state index is 12.6. The zero-order valence-electron chi connectivity index (χ0n) is 17.6. The predicted molar refractivity (Wildman–Crippen MR) is 125 cm³/mol. The van der Waals surface area contributed by atoms with E-state index in [9.17, 15) is 4.79 Å². The van der Waals surface area contributed by atoms with Gasteiger partial charge in [-0.3, -0.25) is 14.1 Å². The molecule has 3 heterocycles. The number of ether oxygens (including phenoxy) is 1. The Morgan fingerprint density at radius 1 is 1.19 bits per heavy atom. The second kappa shape index (κ2) is 8.78. The third-order valence-corrected chi connectivity index (χ3v) is 6.73. The summed E-state index contributed by atoms with van der Waals surface area (Å²) in [6, 6.07) is 14.3. The first-order valence-corrected chi connectivity index (χ1v) is 11.6. The lowest BCUT2D eigenvalue weighted by molar-refractivity contribution is 0.0374. The molecule has 1 aliphatic heterocycles. The van der Waals surface area contributed by atoms with Gasteiger partial charge in [-0.25, -0.2) is 4.98 Å². The number of aryl methyl sites for hydroxylation is 1. The van der Waals surface area contributed by atoms with Crippen LogP contribution in [0.1, 0.15) is 22.3 Å². The van der Waals surface area contributed by atoms with Crippen molar-refractivity contribution in [1.29, 1.82) is 0 Å². The Hall–Kier alpha value is -2.74. The number of imidazole rings is 1. The number of nitrogens with zero attached hydrogens (tertiary/aromatic N) is 3. The van der Waals surface area contributed by atoms with Gasteiger partial charge in [0.2, 0.25) is 0 Å². The lowest BCUT2D eigenvalue weighted by atomic mass is 10.1. The molecule has 1 N–H and O–H groups in total. The number of morpholine rings is 1. The number of rotatable bonds is 6. The zero-order valence-corrected chi connectivity index (χ0v) is 18.5. The molecule has 160 valence electrons. The van der Waals surface area contributed by atoms with Gasteiger partial charge in [0.15, 0.2) is 4.96 Å². The number of hydrogen-bond donors (Lipinski definition) is 1. The first kappa shape index (κ1) is 20.2. The molecule has 0 spiro atoms. The molecule has 2 aromatic heterocycles. The molecule has 0 atom stereocenters. The maximum atomic E-state index is 12.6. The quantitative estimate of drug-likeness (QED) is 0.467. The van der Waals surface area contributed by atoms with E-state index in [1.165, 1.54) is 5.56 Å². The number of nitrogens with one attached hydrogen (secondary N) is 1. The first-order chi connectivity index (χ1) is 15.2. The fourth-order valence-corrected chi connectivity index (χ4v) is 5.06. The standard InChI is InChI=1S/C24H26N4O2S/c1-17-4-2-5-18(14-17)20-16-28-21-7-6-19(15-22(21)31-24(28)26-20)23(29)25-8-3-9-27-10-12-30-13-11-27/h2,4-7,14-16H,3,8-13H2,1H3,(H,25,29). The van der Waals surface area contributed by atoms with E-state index in [2.05, 4.69) is 52.0 Å². The Balaban J connectivity index is 1.26. The molecule has 0 saturated carbocycles. The molecular weight excluding hydrogens is 408 g/mol. The van der Waals surface area contributed by atoms with Gasteiger partial charge in [-0.15, -0.1) is 0 Å². The van der Waals surface area contributed by atoms with E-state index in [0.29, 0.717) is 12.1 Å². The summed E-state index contributed by atoms with van der Waals surface area (Å²) >= 11 is 1.61. The Bertz CT molecular complexity index is 1220. The minimum Gasteiger partial charge on any atom is -0.379 e. The highest BCUT2D eigenvalue weighted by atomic mass is 32.1. The fourth-order valence-electron chi connectivity index (χ4n) is 4.02. The van der Waals surface area contributed by atoms with Crippen molar-refractivity contribution in [2.45, 2.75) is 13.3 Å². The molecule has 31 heavy (non-hydrogen) atoms. The second-order valence-corrected chi connectivity index (χ2v) is 9.01. The summed E-state index contributed by atoms with van der Waals surface area (Å²) in [6.45, 7) is 7.35. The lowest BCUT2D eigenvalue weighted by Crippen LogP contribution is -2.38. The van der Waals surface area contributed by atoms with Crippen molar-refractivity contribution in [2.24, 2.45) is 0 Å². The zero-order chi connectivity index (χ0) is 21.2. The van der Waals surface area contributed by atoms with E-state index in [-0.39, 0.29) is 5.91 Å². The van der Waals surface area contributed by atoms with Gasteiger partial charge >= 0.3 is 0 Å². The van der Waals surface area contributed by atoms with Crippen molar-refractivity contribution >= 4 is 32.4 Å². The van der Waals surface area contributed by atoms with E-state index in [0.717, 1.165) is 65.7 Å². The van der Waals surface area contributed by atoms with Gasteiger partial charge < -0.3 is 10.1 Å². The third kappa shape index (κ3) is 4.35. The number of carbonyl (C=O) groups is 1. The van der Waals surface area contributed by atoms with Crippen molar-refractivity contribution in [1.82, 2.24) is 19.6 Å². The van der Waals surface area contributed by atoms with Crippen molar-refractivity contribution < 1.29 is 9.53 Å². The van der Waals surface area contributed by atoms with Crippen LogP contribution in [-0.4, -0.2) is 59.6 Å². The highest BCUT2D eigenvalue weighted by molar-refractivity contribution is 7.23. The van der Waals surface area contributed by atoms with Gasteiger partial charge in [-0.1, -0.05) is 35.1 Å². The van der Waals surface area contributed by atoms with Crippen molar-refractivity contribution in [2.75, 3.05) is 39.4 Å². The van der Waals surface area contributed by atoms with E-state index in [1.54, 1.807) is 11.3 Å². The summed E-state index contributed by atoms with van der Waals surface area (Å²) < 4.78 is 8.55. The molecule has 1 aliphatic rings. The molecule has 7 heteroatoms. The number of thiazole rings is 1. The van der Waals surface area contributed by atoms with E-state index < -0.39 is 0 Å². The Labute approximate surface area is 185 Å². The van der Waals surface area contributed by atoms with Crippen molar-refractivity contribution in [3.63, 3.8) is 0 Å². The van der Waals surface area contributed by atoms with Crippen LogP contribution in [-0.2, 0) is 4.74 Å². The summed E-state index contributed by atoms with van der Waals surface area (Å²) in [5, 5.41) is 3.05. The molecular formula is C24H26N4O2S. The Morgan fingerprint density at radius 3 is 2.90 bits per heavy atom. The summed E-state index contributed by atoms with van der Waals surface area (Å²) in [6.07, 6.45) is 3.02. The monoisotopic (exact) mass is 434 g/mol. The van der Waals surface area contributed by atoms with Crippen molar-refractivity contribution in [3.05, 3.63) is 59.8 Å². The molecule has 1 fully saturated rings. The molecule has 0 bridgehead atoms. The Morgan fingerprint density at radius 2 is 2.06 bits per heavy atom. The number of hydrogen-bond acceptors (Lipinski definition) is 5. The molecule has 0 unspecified atom stereocenters. The van der Waals surface area contributed by atoms with E-state index in [1.807, 2.05) is 18.2 Å². The van der Waals surface area contributed by atoms with E-state index in [4.69, 9.17) is 9.72 Å². The Kier molecular flexibility index (Phi) is 5.72. The van der Waals surface area contributed by atoms with Gasteiger partial charge in [-0.2, -0.15) is 0 Å². The number of benzene rings is 2. The highest BCUT2D eigenvalue weighted by Crippen LogP contribution is 2.30. The van der Waals surface area contributed by atoms with Crippen LogP contribution in [0.4, 0.5) is 0 Å². The lowest BCUT2D eigenvalue weighted by Gasteiger charge is -2.26. The third-order valence-electron chi connectivity index (χ3n) is 5.71. The minimum atomic E-state index is -0.0182. The maximum Gasteiger partial charge on any atom is 0.251 e. The van der Waals surface area contributed by atoms with Crippen molar-refractivity contribution in [3.8, 4) is 11.3 Å². The molecule has 1 amide bonds. The number of carbonyl (C=O) groups excluding carboxylic acids is 1. The minimum absolute atomic E-state index is 0.0182. The van der Waals surface area contributed by atoms with E-state index >= 15 is 0 Å². The molecule has 6 nitrogen and oxygen atoms in total. The largest absolute Gasteiger partial charge is 0.379 e. The van der Waals surface area contributed by atoms with Gasteiger partial charge in [0.1, 0.15) is 0 Å². The summed E-state index contributed by atoms with van der Waals surface area (Å²) in [4.78, 5) is 20.7. The SMILES string of the molecule is Cc1cccc(-c2cn3c(n2)sc2cc(C(=O)NCCCN4CCOCC4)ccc23)c1. The number of amides is 1. The predicted octanol–water partition coefficient (Wildman–Crippen LogP) is 3.98. The summed E-state index contributed by atoms with van der Waals surface area (Å²) in [5.41, 5.74) is 5.09. The summed E-state index contributed by atoms with van der Waals surface area (Å²) in [7, 11) is 0. The van der Waals surface area contributed by atoms with Gasteiger partial charge in [0.05, 0.1) is 29.1 Å². The molecule has 2 aromatic carbocycles. The number of aromatic nitrogens is 2. The van der Waals surface area contributed by atoms with Crippen LogP contribution in [0.2, 0.25) is 0 Å². The van der Waals surface area contributed by atoms with Crippen LogP contribution in [0.3, 0.4) is 0 Å². The van der Waals surface area contributed by atoms with Crippen LogP contribution in [0.15, 0.2) is 48.7 Å². The molecule has 4 aromatic rings. The topological polar surface area (TPSA) is 58.9 Å². The molecule has 0 radical (unpaired) electrons. The van der Waals surface area contributed by atoms with Crippen LogP contribution in [0.25, 0.3) is 26.4 Å². The molecule has 5 rings (SSSR count).